The molecule has 4 rings (SSSR count). The van der Waals surface area contributed by atoms with E-state index in [4.69, 9.17) is 4.74 Å². The number of carbonyl (C=O) groups excluding carboxylic acids is 1. The molecule has 7 nitrogen and oxygen atoms in total. The number of benzene rings is 1. The number of nitrogens with zero attached hydrogens (tertiary/aromatic N) is 5. The molecule has 2 saturated heterocycles. The van der Waals surface area contributed by atoms with Gasteiger partial charge >= 0.3 is 0 Å². The molecule has 0 bridgehead atoms. The van der Waals surface area contributed by atoms with Gasteiger partial charge in [-0.2, -0.15) is 0 Å². The maximum Gasteiger partial charge on any atom is 0.274 e. The quantitative estimate of drug-likeness (QED) is 0.793. The zero-order valence-corrected chi connectivity index (χ0v) is 17.1. The highest BCUT2D eigenvalue weighted by atomic mass is 16.5. The molecule has 0 atom stereocenters. The van der Waals surface area contributed by atoms with Gasteiger partial charge in [-0.25, -0.2) is 0 Å². The van der Waals surface area contributed by atoms with Crippen molar-refractivity contribution in [3.8, 4) is 5.75 Å². The van der Waals surface area contributed by atoms with E-state index < -0.39 is 0 Å². The second kappa shape index (κ2) is 9.11. The number of hydrogen-bond acceptors (Lipinski definition) is 6. The number of anilines is 2. The van der Waals surface area contributed by atoms with Gasteiger partial charge in [0.15, 0.2) is 11.5 Å². The van der Waals surface area contributed by atoms with Crippen molar-refractivity contribution in [1.82, 2.24) is 15.1 Å². The number of methoxy groups -OCH3 is 1. The molecule has 7 heteroatoms. The average Bonchev–Trinajstić information content (AvgIpc) is 3.08. The van der Waals surface area contributed by atoms with Crippen LogP contribution in [0.5, 0.6) is 5.75 Å². The van der Waals surface area contributed by atoms with E-state index >= 15 is 0 Å². The molecule has 1 amide bonds. The van der Waals surface area contributed by atoms with Crippen molar-refractivity contribution in [2.75, 3.05) is 56.2 Å². The summed E-state index contributed by atoms with van der Waals surface area (Å²) in [6.45, 7) is 4.90. The molecule has 29 heavy (non-hydrogen) atoms. The number of carbonyl (C=O) groups is 1. The Hall–Kier alpha value is -2.83. The molecule has 1 aromatic carbocycles. The molecule has 0 N–H and O–H groups in total. The summed E-state index contributed by atoms with van der Waals surface area (Å²) in [7, 11) is 1.69. The Morgan fingerprint density at radius 1 is 0.828 bits per heavy atom. The van der Waals surface area contributed by atoms with Crippen LogP contribution in [0.2, 0.25) is 0 Å². The van der Waals surface area contributed by atoms with Crippen LogP contribution in [0.4, 0.5) is 11.5 Å². The zero-order chi connectivity index (χ0) is 20.1. The molecule has 1 aromatic heterocycles. The monoisotopic (exact) mass is 395 g/mol. The van der Waals surface area contributed by atoms with Crippen LogP contribution in [0.1, 0.15) is 36.2 Å². The standard InChI is InChI=1S/C22H29N5O2/c1-29-20-9-5-4-8-19(20)25-14-16-27(17-15-25)22(28)18-10-11-21(24-23-18)26-12-6-2-3-7-13-26/h4-5,8-11H,2-3,6-7,12-17H2,1H3. The highest BCUT2D eigenvalue weighted by Crippen LogP contribution is 2.28. The van der Waals surface area contributed by atoms with Crippen LogP contribution in [0.25, 0.3) is 0 Å². The fraction of sp³-hybridized carbons (Fsp3) is 0.500. The topological polar surface area (TPSA) is 61.8 Å². The molecule has 154 valence electrons. The van der Waals surface area contributed by atoms with E-state index in [1.54, 1.807) is 7.11 Å². The van der Waals surface area contributed by atoms with Crippen molar-refractivity contribution >= 4 is 17.4 Å². The van der Waals surface area contributed by atoms with Crippen LogP contribution in [-0.2, 0) is 0 Å². The normalized spacial score (nSPS) is 17.8. The van der Waals surface area contributed by atoms with Gasteiger partial charge in [0.25, 0.3) is 5.91 Å². The smallest absolute Gasteiger partial charge is 0.274 e. The summed E-state index contributed by atoms with van der Waals surface area (Å²) in [6, 6.07) is 11.8. The molecule has 2 aliphatic rings. The molecule has 2 fully saturated rings. The SMILES string of the molecule is COc1ccccc1N1CCN(C(=O)c2ccc(N3CCCCCC3)nn2)CC1. The maximum atomic E-state index is 12.9. The van der Waals surface area contributed by atoms with Crippen molar-refractivity contribution in [2.24, 2.45) is 0 Å². The molecule has 0 unspecified atom stereocenters. The van der Waals surface area contributed by atoms with E-state index in [1.807, 2.05) is 35.2 Å². The van der Waals surface area contributed by atoms with Gasteiger partial charge in [0.2, 0.25) is 0 Å². The number of rotatable bonds is 4. The lowest BCUT2D eigenvalue weighted by atomic mass is 10.2. The Morgan fingerprint density at radius 2 is 1.55 bits per heavy atom. The van der Waals surface area contributed by atoms with Crippen LogP contribution in [0.15, 0.2) is 36.4 Å². The first-order valence-electron chi connectivity index (χ1n) is 10.5. The Labute approximate surface area is 172 Å². The lowest BCUT2D eigenvalue weighted by molar-refractivity contribution is 0.0739. The second-order valence-electron chi connectivity index (χ2n) is 7.63. The number of aromatic nitrogens is 2. The molecule has 0 saturated carbocycles. The van der Waals surface area contributed by atoms with E-state index in [2.05, 4.69) is 26.1 Å². The third-order valence-electron chi connectivity index (χ3n) is 5.79. The van der Waals surface area contributed by atoms with Crippen LogP contribution in [0.3, 0.4) is 0 Å². The first-order chi connectivity index (χ1) is 14.3. The van der Waals surface area contributed by atoms with Gasteiger partial charge < -0.3 is 19.4 Å². The van der Waals surface area contributed by atoms with E-state index in [-0.39, 0.29) is 5.91 Å². The minimum atomic E-state index is -0.0420. The highest BCUT2D eigenvalue weighted by Gasteiger charge is 2.25. The molecular weight excluding hydrogens is 366 g/mol. The Bertz CT molecular complexity index is 810. The number of para-hydroxylation sites is 2. The summed E-state index contributed by atoms with van der Waals surface area (Å²) in [5.41, 5.74) is 1.50. The van der Waals surface area contributed by atoms with Gasteiger partial charge in [0.1, 0.15) is 5.75 Å². The van der Waals surface area contributed by atoms with Gasteiger partial charge in [-0.15, -0.1) is 10.2 Å². The van der Waals surface area contributed by atoms with Crippen molar-refractivity contribution in [3.63, 3.8) is 0 Å². The molecule has 0 spiro atoms. The van der Waals surface area contributed by atoms with Crippen molar-refractivity contribution in [3.05, 3.63) is 42.1 Å². The maximum absolute atomic E-state index is 12.9. The van der Waals surface area contributed by atoms with Crippen LogP contribution < -0.4 is 14.5 Å². The van der Waals surface area contributed by atoms with E-state index in [0.29, 0.717) is 18.8 Å². The van der Waals surface area contributed by atoms with Crippen molar-refractivity contribution < 1.29 is 9.53 Å². The van der Waals surface area contributed by atoms with Gasteiger partial charge in [-0.05, 0) is 37.1 Å². The molecule has 2 aromatic rings. The predicted molar refractivity (Wildman–Crippen MR) is 114 cm³/mol. The lowest BCUT2D eigenvalue weighted by Gasteiger charge is -2.36. The minimum absolute atomic E-state index is 0.0420. The van der Waals surface area contributed by atoms with Crippen molar-refractivity contribution in [1.29, 1.82) is 0 Å². The summed E-state index contributed by atoms with van der Waals surface area (Å²) in [5.74, 6) is 1.70. The Morgan fingerprint density at radius 3 is 2.21 bits per heavy atom. The summed E-state index contributed by atoms with van der Waals surface area (Å²) < 4.78 is 5.47. The summed E-state index contributed by atoms with van der Waals surface area (Å²) in [5, 5.41) is 8.59. The number of ether oxygens (including phenoxy) is 1. The number of amides is 1. The van der Waals surface area contributed by atoms with Crippen LogP contribution in [0, 0.1) is 0 Å². The minimum Gasteiger partial charge on any atom is -0.495 e. The third-order valence-corrected chi connectivity index (χ3v) is 5.79. The molecule has 2 aliphatic heterocycles. The Balaban J connectivity index is 1.37. The average molecular weight is 396 g/mol. The van der Waals surface area contributed by atoms with Gasteiger partial charge in [0.05, 0.1) is 12.8 Å². The summed E-state index contributed by atoms with van der Waals surface area (Å²) in [4.78, 5) is 19.3. The summed E-state index contributed by atoms with van der Waals surface area (Å²) in [6.07, 6.45) is 4.94. The van der Waals surface area contributed by atoms with Crippen LogP contribution >= 0.6 is 0 Å². The number of hydrogen-bond donors (Lipinski definition) is 0. The fourth-order valence-electron chi connectivity index (χ4n) is 4.11. The van der Waals surface area contributed by atoms with Crippen molar-refractivity contribution in [2.45, 2.75) is 25.7 Å². The predicted octanol–water partition coefficient (Wildman–Crippen LogP) is 2.83. The van der Waals surface area contributed by atoms with Gasteiger partial charge in [-0.3, -0.25) is 4.79 Å². The molecule has 0 aliphatic carbocycles. The third kappa shape index (κ3) is 4.44. The number of piperazine rings is 1. The van der Waals surface area contributed by atoms with E-state index in [0.717, 1.165) is 43.4 Å². The second-order valence-corrected chi connectivity index (χ2v) is 7.63. The molecular formula is C22H29N5O2. The zero-order valence-electron chi connectivity index (χ0n) is 17.1. The van der Waals surface area contributed by atoms with Gasteiger partial charge in [0, 0.05) is 39.3 Å². The van der Waals surface area contributed by atoms with Gasteiger partial charge in [-0.1, -0.05) is 25.0 Å². The molecule has 0 radical (unpaired) electrons. The molecule has 3 heterocycles. The lowest BCUT2D eigenvalue weighted by Crippen LogP contribution is -2.49. The first-order valence-corrected chi connectivity index (χ1v) is 10.5. The largest absolute Gasteiger partial charge is 0.495 e. The fourth-order valence-corrected chi connectivity index (χ4v) is 4.11. The Kier molecular flexibility index (Phi) is 6.12. The first kappa shape index (κ1) is 19.5. The summed E-state index contributed by atoms with van der Waals surface area (Å²) >= 11 is 0. The highest BCUT2D eigenvalue weighted by molar-refractivity contribution is 5.92. The van der Waals surface area contributed by atoms with E-state index in [9.17, 15) is 4.79 Å². The van der Waals surface area contributed by atoms with E-state index in [1.165, 1.54) is 25.7 Å². The van der Waals surface area contributed by atoms with Crippen LogP contribution in [-0.4, -0.2) is 67.4 Å².